The Morgan fingerprint density at radius 2 is 2.13 bits per heavy atom. The molecular weight excluding hydrogens is 288 g/mol. The third-order valence-corrected chi connectivity index (χ3v) is 4.91. The Bertz CT molecular complexity index is 703. The standard InChI is InChI=1S/C18H22N4O/c23-18(21-9-7-14-4-1-2-5-15(14)12-21)16-10-20-22(13-16)17-6-3-8-19-11-17/h1-2,4-5,10,13,17,19H,3,6-9,11-12H2. The Labute approximate surface area is 136 Å². The second-order valence-electron chi connectivity index (χ2n) is 6.45. The highest BCUT2D eigenvalue weighted by Crippen LogP contribution is 2.21. The monoisotopic (exact) mass is 310 g/mol. The van der Waals surface area contributed by atoms with Crippen LogP contribution in [-0.4, -0.2) is 40.2 Å². The molecule has 5 heteroatoms. The minimum absolute atomic E-state index is 0.0921. The molecule has 0 bridgehead atoms. The molecule has 1 amide bonds. The highest BCUT2D eigenvalue weighted by molar-refractivity contribution is 5.93. The fraction of sp³-hybridized carbons (Fsp3) is 0.444. The maximum absolute atomic E-state index is 12.8. The number of nitrogens with one attached hydrogen (secondary N) is 1. The molecule has 23 heavy (non-hydrogen) atoms. The molecule has 0 saturated carbocycles. The Balaban J connectivity index is 1.48. The summed E-state index contributed by atoms with van der Waals surface area (Å²) < 4.78 is 1.96. The molecule has 1 saturated heterocycles. The van der Waals surface area contributed by atoms with Crippen molar-refractivity contribution < 1.29 is 4.79 Å². The van der Waals surface area contributed by atoms with Crippen LogP contribution in [0.4, 0.5) is 0 Å². The zero-order chi connectivity index (χ0) is 15.6. The molecule has 1 N–H and O–H groups in total. The molecule has 1 unspecified atom stereocenters. The second kappa shape index (κ2) is 6.16. The number of hydrogen-bond acceptors (Lipinski definition) is 3. The van der Waals surface area contributed by atoms with E-state index in [-0.39, 0.29) is 5.91 Å². The maximum atomic E-state index is 12.8. The SMILES string of the molecule is O=C(c1cnn(C2CCCNC2)c1)N1CCc2ccccc2C1. The Kier molecular flexibility index (Phi) is 3.87. The van der Waals surface area contributed by atoms with E-state index in [2.05, 4.69) is 28.6 Å². The Morgan fingerprint density at radius 1 is 1.26 bits per heavy atom. The van der Waals surface area contributed by atoms with E-state index in [0.717, 1.165) is 38.9 Å². The van der Waals surface area contributed by atoms with Crippen LogP contribution in [0, 0.1) is 0 Å². The van der Waals surface area contributed by atoms with Gasteiger partial charge in [0.1, 0.15) is 0 Å². The van der Waals surface area contributed by atoms with Gasteiger partial charge in [0, 0.05) is 25.8 Å². The van der Waals surface area contributed by atoms with Gasteiger partial charge in [-0.1, -0.05) is 24.3 Å². The van der Waals surface area contributed by atoms with Crippen molar-refractivity contribution in [3.05, 3.63) is 53.3 Å². The minimum Gasteiger partial charge on any atom is -0.334 e. The van der Waals surface area contributed by atoms with Gasteiger partial charge in [-0.2, -0.15) is 5.10 Å². The lowest BCUT2D eigenvalue weighted by Crippen LogP contribution is -2.35. The largest absolute Gasteiger partial charge is 0.334 e. The Morgan fingerprint density at radius 3 is 2.96 bits per heavy atom. The van der Waals surface area contributed by atoms with Gasteiger partial charge in [0.2, 0.25) is 0 Å². The molecule has 2 aliphatic rings. The van der Waals surface area contributed by atoms with Gasteiger partial charge in [-0.15, -0.1) is 0 Å². The summed E-state index contributed by atoms with van der Waals surface area (Å²) in [6, 6.07) is 8.75. The zero-order valence-corrected chi connectivity index (χ0v) is 13.2. The molecule has 0 aliphatic carbocycles. The molecule has 1 fully saturated rings. The van der Waals surface area contributed by atoms with Crippen LogP contribution in [0.25, 0.3) is 0 Å². The van der Waals surface area contributed by atoms with Crippen molar-refractivity contribution in [2.45, 2.75) is 31.8 Å². The highest BCUT2D eigenvalue weighted by Gasteiger charge is 2.23. The predicted octanol–water partition coefficient (Wildman–Crippen LogP) is 2.01. The maximum Gasteiger partial charge on any atom is 0.257 e. The summed E-state index contributed by atoms with van der Waals surface area (Å²) in [7, 11) is 0. The molecule has 0 spiro atoms. The lowest BCUT2D eigenvalue weighted by Gasteiger charge is -2.28. The fourth-order valence-corrected chi connectivity index (χ4v) is 3.56. The molecule has 1 aromatic heterocycles. The highest BCUT2D eigenvalue weighted by atomic mass is 16.2. The number of fused-ring (bicyclic) bond motifs is 1. The number of carbonyl (C=O) groups excluding carboxylic acids is 1. The van der Waals surface area contributed by atoms with E-state index in [4.69, 9.17) is 0 Å². The normalized spacial score (nSPS) is 21.0. The summed E-state index contributed by atoms with van der Waals surface area (Å²) in [5.74, 6) is 0.0921. The van der Waals surface area contributed by atoms with E-state index in [1.165, 1.54) is 11.1 Å². The molecule has 2 aliphatic heterocycles. The van der Waals surface area contributed by atoms with Gasteiger partial charge in [0.25, 0.3) is 5.91 Å². The molecule has 3 heterocycles. The number of nitrogens with zero attached hydrogens (tertiary/aromatic N) is 3. The summed E-state index contributed by atoms with van der Waals surface area (Å²) in [4.78, 5) is 14.7. The third kappa shape index (κ3) is 2.88. The van der Waals surface area contributed by atoms with Crippen molar-refractivity contribution >= 4 is 5.91 Å². The molecular formula is C18H22N4O. The first-order chi connectivity index (χ1) is 11.3. The van der Waals surface area contributed by atoms with Crippen molar-refractivity contribution in [3.63, 3.8) is 0 Å². The van der Waals surface area contributed by atoms with E-state index in [9.17, 15) is 4.79 Å². The van der Waals surface area contributed by atoms with Crippen molar-refractivity contribution in [3.8, 4) is 0 Å². The lowest BCUT2D eigenvalue weighted by atomic mass is 9.99. The van der Waals surface area contributed by atoms with Crippen LogP contribution in [0.1, 0.15) is 40.4 Å². The summed E-state index contributed by atoms with van der Waals surface area (Å²) >= 11 is 0. The van der Waals surface area contributed by atoms with Crippen LogP contribution in [0.5, 0.6) is 0 Å². The van der Waals surface area contributed by atoms with Gasteiger partial charge >= 0.3 is 0 Å². The van der Waals surface area contributed by atoms with Crippen LogP contribution in [0.2, 0.25) is 0 Å². The van der Waals surface area contributed by atoms with Gasteiger partial charge in [-0.3, -0.25) is 9.48 Å². The first-order valence-electron chi connectivity index (χ1n) is 8.42. The topological polar surface area (TPSA) is 50.2 Å². The van der Waals surface area contributed by atoms with Crippen LogP contribution in [0.15, 0.2) is 36.7 Å². The third-order valence-electron chi connectivity index (χ3n) is 4.91. The molecule has 0 radical (unpaired) electrons. The number of amides is 1. The van der Waals surface area contributed by atoms with E-state index in [1.54, 1.807) is 6.20 Å². The average molecular weight is 310 g/mol. The first-order valence-corrected chi connectivity index (χ1v) is 8.42. The first kappa shape index (κ1) is 14.5. The summed E-state index contributed by atoms with van der Waals surface area (Å²) in [6.45, 7) is 3.50. The number of aromatic nitrogens is 2. The molecule has 1 atom stereocenters. The van der Waals surface area contributed by atoms with Crippen molar-refractivity contribution in [2.24, 2.45) is 0 Å². The summed E-state index contributed by atoms with van der Waals surface area (Å²) in [5.41, 5.74) is 3.33. The van der Waals surface area contributed by atoms with Gasteiger partial charge in [-0.25, -0.2) is 0 Å². The van der Waals surface area contributed by atoms with Crippen LogP contribution in [-0.2, 0) is 13.0 Å². The number of piperidine rings is 1. The van der Waals surface area contributed by atoms with Crippen LogP contribution in [0.3, 0.4) is 0 Å². The summed E-state index contributed by atoms with van der Waals surface area (Å²) in [6.07, 6.45) is 6.86. The number of carbonyl (C=O) groups is 1. The van der Waals surface area contributed by atoms with Gasteiger partial charge in [0.15, 0.2) is 0 Å². The van der Waals surface area contributed by atoms with Crippen LogP contribution >= 0.6 is 0 Å². The number of hydrogen-bond donors (Lipinski definition) is 1. The van der Waals surface area contributed by atoms with Crippen molar-refractivity contribution in [1.29, 1.82) is 0 Å². The molecule has 2 aromatic rings. The predicted molar refractivity (Wildman–Crippen MR) is 88.3 cm³/mol. The Hall–Kier alpha value is -2.14. The van der Waals surface area contributed by atoms with E-state index < -0.39 is 0 Å². The number of benzene rings is 1. The molecule has 5 nitrogen and oxygen atoms in total. The average Bonchev–Trinajstić information content (AvgIpc) is 3.11. The van der Waals surface area contributed by atoms with Gasteiger partial charge in [0.05, 0.1) is 17.8 Å². The van der Waals surface area contributed by atoms with E-state index >= 15 is 0 Å². The molecule has 4 rings (SSSR count). The van der Waals surface area contributed by atoms with Crippen molar-refractivity contribution in [1.82, 2.24) is 20.0 Å². The lowest BCUT2D eigenvalue weighted by molar-refractivity contribution is 0.0734. The smallest absolute Gasteiger partial charge is 0.257 e. The quantitative estimate of drug-likeness (QED) is 0.923. The molecule has 1 aromatic carbocycles. The zero-order valence-electron chi connectivity index (χ0n) is 13.2. The molecule has 120 valence electrons. The van der Waals surface area contributed by atoms with Gasteiger partial charge in [-0.05, 0) is 36.9 Å². The summed E-state index contributed by atoms with van der Waals surface area (Å²) in [5, 5.41) is 7.82. The van der Waals surface area contributed by atoms with Crippen molar-refractivity contribution in [2.75, 3.05) is 19.6 Å². The number of rotatable bonds is 2. The van der Waals surface area contributed by atoms with Gasteiger partial charge < -0.3 is 10.2 Å². The van der Waals surface area contributed by atoms with E-state index in [0.29, 0.717) is 18.2 Å². The minimum atomic E-state index is 0.0921. The van der Waals surface area contributed by atoms with E-state index in [1.807, 2.05) is 21.8 Å². The fourth-order valence-electron chi connectivity index (χ4n) is 3.56. The second-order valence-corrected chi connectivity index (χ2v) is 6.45. The van der Waals surface area contributed by atoms with Crippen LogP contribution < -0.4 is 5.32 Å².